The smallest absolute Gasteiger partial charge is 0.0992 e. The summed E-state index contributed by atoms with van der Waals surface area (Å²) in [6.45, 7) is 7.28. The Labute approximate surface area is 115 Å². The third-order valence-corrected chi connectivity index (χ3v) is 4.29. The molecule has 1 N–H and O–H groups in total. The molecule has 1 aliphatic rings. The van der Waals surface area contributed by atoms with Gasteiger partial charge >= 0.3 is 0 Å². The van der Waals surface area contributed by atoms with Crippen LogP contribution < -0.4 is 4.90 Å². The van der Waals surface area contributed by atoms with Crippen LogP contribution in [0.2, 0.25) is 0 Å². The van der Waals surface area contributed by atoms with Crippen LogP contribution in [-0.2, 0) is 0 Å². The molecular formula is C16H22N2O. The Balaban J connectivity index is 2.44. The van der Waals surface area contributed by atoms with Crippen molar-refractivity contribution in [3.63, 3.8) is 0 Å². The van der Waals surface area contributed by atoms with Crippen LogP contribution in [0.5, 0.6) is 0 Å². The number of benzene rings is 1. The van der Waals surface area contributed by atoms with Crippen molar-refractivity contribution >= 4 is 5.69 Å². The molecule has 0 aliphatic carbocycles. The SMILES string of the molecule is CC1CCCN(c2cc(C#N)ccc2[C@H](C)O)C1C. The summed E-state index contributed by atoms with van der Waals surface area (Å²) in [7, 11) is 0. The third kappa shape index (κ3) is 2.74. The van der Waals surface area contributed by atoms with Gasteiger partial charge in [-0.15, -0.1) is 0 Å². The molecule has 3 atom stereocenters. The van der Waals surface area contributed by atoms with Gasteiger partial charge in [0, 0.05) is 23.8 Å². The van der Waals surface area contributed by atoms with Crippen molar-refractivity contribution in [2.24, 2.45) is 5.92 Å². The van der Waals surface area contributed by atoms with E-state index in [1.807, 2.05) is 12.1 Å². The van der Waals surface area contributed by atoms with Crippen LogP contribution in [0.1, 0.15) is 50.8 Å². The van der Waals surface area contributed by atoms with Gasteiger partial charge in [-0.25, -0.2) is 0 Å². The van der Waals surface area contributed by atoms with E-state index in [9.17, 15) is 5.11 Å². The fourth-order valence-electron chi connectivity index (χ4n) is 2.89. The molecule has 2 unspecified atom stereocenters. The number of rotatable bonds is 2. The predicted molar refractivity (Wildman–Crippen MR) is 77.0 cm³/mol. The summed E-state index contributed by atoms with van der Waals surface area (Å²) >= 11 is 0. The highest BCUT2D eigenvalue weighted by Crippen LogP contribution is 2.34. The molecule has 1 heterocycles. The van der Waals surface area contributed by atoms with Gasteiger partial charge in [-0.1, -0.05) is 13.0 Å². The second-order valence-electron chi connectivity index (χ2n) is 5.61. The molecule has 1 saturated heterocycles. The number of aliphatic hydroxyl groups excluding tert-OH is 1. The summed E-state index contributed by atoms with van der Waals surface area (Å²) in [5.41, 5.74) is 2.60. The van der Waals surface area contributed by atoms with Crippen molar-refractivity contribution in [2.45, 2.75) is 45.8 Å². The topological polar surface area (TPSA) is 47.3 Å². The maximum Gasteiger partial charge on any atom is 0.0992 e. The summed E-state index contributed by atoms with van der Waals surface area (Å²) in [6, 6.07) is 8.21. The summed E-state index contributed by atoms with van der Waals surface area (Å²) in [5, 5.41) is 19.0. The number of piperidine rings is 1. The molecule has 2 rings (SSSR count). The first-order valence-electron chi connectivity index (χ1n) is 7.03. The largest absolute Gasteiger partial charge is 0.389 e. The van der Waals surface area contributed by atoms with Crippen LogP contribution in [0.25, 0.3) is 0 Å². The minimum atomic E-state index is -0.507. The highest BCUT2D eigenvalue weighted by molar-refractivity contribution is 5.59. The van der Waals surface area contributed by atoms with Crippen molar-refractivity contribution in [1.82, 2.24) is 0 Å². The number of aliphatic hydroxyl groups is 1. The number of hydrogen-bond donors (Lipinski definition) is 1. The Hall–Kier alpha value is -1.53. The van der Waals surface area contributed by atoms with Gasteiger partial charge in [0.25, 0.3) is 0 Å². The van der Waals surface area contributed by atoms with E-state index in [-0.39, 0.29) is 0 Å². The lowest BCUT2D eigenvalue weighted by molar-refractivity contribution is 0.199. The molecule has 1 fully saturated rings. The van der Waals surface area contributed by atoms with E-state index in [2.05, 4.69) is 24.8 Å². The van der Waals surface area contributed by atoms with Crippen LogP contribution in [0.15, 0.2) is 18.2 Å². The standard InChI is InChI=1S/C16H22N2O/c1-11-5-4-8-18(12(11)2)16-9-14(10-17)6-7-15(16)13(3)19/h6-7,9,11-13,19H,4-5,8H2,1-3H3/t11?,12?,13-/m0/s1. The van der Waals surface area contributed by atoms with Crippen LogP contribution >= 0.6 is 0 Å². The Morgan fingerprint density at radius 2 is 2.16 bits per heavy atom. The second kappa shape index (κ2) is 5.63. The van der Waals surface area contributed by atoms with Crippen LogP contribution in [0.3, 0.4) is 0 Å². The summed E-state index contributed by atoms with van der Waals surface area (Å²) in [4.78, 5) is 2.34. The fraction of sp³-hybridized carbons (Fsp3) is 0.562. The average molecular weight is 258 g/mol. The monoisotopic (exact) mass is 258 g/mol. The summed E-state index contributed by atoms with van der Waals surface area (Å²) in [5.74, 6) is 0.640. The van der Waals surface area contributed by atoms with E-state index in [1.165, 1.54) is 12.8 Å². The number of nitrogens with zero attached hydrogens (tertiary/aromatic N) is 2. The van der Waals surface area contributed by atoms with Crippen molar-refractivity contribution in [3.05, 3.63) is 29.3 Å². The van der Waals surface area contributed by atoms with Gasteiger partial charge in [0.2, 0.25) is 0 Å². The molecular weight excluding hydrogens is 236 g/mol. The lowest BCUT2D eigenvalue weighted by Gasteiger charge is -2.41. The van der Waals surface area contributed by atoms with Gasteiger partial charge in [-0.05, 0) is 44.7 Å². The molecule has 102 valence electrons. The molecule has 0 amide bonds. The predicted octanol–water partition coefficient (Wildman–Crippen LogP) is 3.24. The number of hydrogen-bond acceptors (Lipinski definition) is 3. The van der Waals surface area contributed by atoms with Gasteiger partial charge in [0.15, 0.2) is 0 Å². The summed E-state index contributed by atoms with van der Waals surface area (Å²) in [6.07, 6.45) is 1.91. The molecule has 0 radical (unpaired) electrons. The van der Waals surface area contributed by atoms with Gasteiger partial charge in [-0.3, -0.25) is 0 Å². The minimum absolute atomic E-state index is 0.445. The second-order valence-corrected chi connectivity index (χ2v) is 5.61. The minimum Gasteiger partial charge on any atom is -0.389 e. The average Bonchev–Trinajstić information content (AvgIpc) is 2.41. The fourth-order valence-corrected chi connectivity index (χ4v) is 2.89. The lowest BCUT2D eigenvalue weighted by Crippen LogP contribution is -2.43. The quantitative estimate of drug-likeness (QED) is 0.886. The Morgan fingerprint density at radius 3 is 2.79 bits per heavy atom. The molecule has 1 aromatic carbocycles. The normalized spacial score (nSPS) is 24.9. The zero-order valence-corrected chi connectivity index (χ0v) is 11.9. The first kappa shape index (κ1) is 13.9. The molecule has 1 aromatic rings. The van der Waals surface area contributed by atoms with E-state index in [4.69, 9.17) is 5.26 Å². The van der Waals surface area contributed by atoms with Crippen LogP contribution in [-0.4, -0.2) is 17.7 Å². The van der Waals surface area contributed by atoms with E-state index >= 15 is 0 Å². The Bertz CT molecular complexity index is 490. The lowest BCUT2D eigenvalue weighted by atomic mass is 9.90. The molecule has 3 nitrogen and oxygen atoms in total. The van der Waals surface area contributed by atoms with Crippen LogP contribution in [0.4, 0.5) is 5.69 Å². The maximum atomic E-state index is 9.94. The maximum absolute atomic E-state index is 9.94. The number of nitriles is 1. The third-order valence-electron chi connectivity index (χ3n) is 4.29. The van der Waals surface area contributed by atoms with Gasteiger partial charge in [0.05, 0.1) is 17.7 Å². The molecule has 0 spiro atoms. The zero-order chi connectivity index (χ0) is 14.0. The zero-order valence-electron chi connectivity index (χ0n) is 11.9. The molecule has 0 bridgehead atoms. The highest BCUT2D eigenvalue weighted by Gasteiger charge is 2.27. The van der Waals surface area contributed by atoms with Gasteiger partial charge in [-0.2, -0.15) is 5.26 Å². The highest BCUT2D eigenvalue weighted by atomic mass is 16.3. The Kier molecular flexibility index (Phi) is 4.11. The molecule has 1 aliphatic heterocycles. The van der Waals surface area contributed by atoms with Crippen molar-refractivity contribution in [3.8, 4) is 6.07 Å². The summed E-state index contributed by atoms with van der Waals surface area (Å²) < 4.78 is 0. The Morgan fingerprint density at radius 1 is 1.42 bits per heavy atom. The first-order chi connectivity index (χ1) is 9.04. The van der Waals surface area contributed by atoms with Crippen LogP contribution in [0, 0.1) is 17.2 Å². The molecule has 0 aromatic heterocycles. The van der Waals surface area contributed by atoms with Crippen molar-refractivity contribution < 1.29 is 5.11 Å². The molecule has 3 heteroatoms. The van der Waals surface area contributed by atoms with Crippen molar-refractivity contribution in [2.75, 3.05) is 11.4 Å². The molecule has 0 saturated carbocycles. The van der Waals surface area contributed by atoms with Gasteiger partial charge in [0.1, 0.15) is 0 Å². The van der Waals surface area contributed by atoms with E-state index in [0.29, 0.717) is 17.5 Å². The number of anilines is 1. The van der Waals surface area contributed by atoms with E-state index < -0.39 is 6.10 Å². The first-order valence-corrected chi connectivity index (χ1v) is 7.03. The van der Waals surface area contributed by atoms with Gasteiger partial charge < -0.3 is 10.0 Å². The van der Waals surface area contributed by atoms with Crippen molar-refractivity contribution in [1.29, 1.82) is 5.26 Å². The van der Waals surface area contributed by atoms with E-state index in [0.717, 1.165) is 17.8 Å². The van der Waals surface area contributed by atoms with E-state index in [1.54, 1.807) is 13.0 Å². The molecule has 19 heavy (non-hydrogen) atoms.